The topological polar surface area (TPSA) is 91.4 Å². The van der Waals surface area contributed by atoms with Crippen molar-refractivity contribution in [3.05, 3.63) is 83.7 Å². The van der Waals surface area contributed by atoms with E-state index in [1.807, 2.05) is 0 Å². The highest BCUT2D eigenvalue weighted by Crippen LogP contribution is 2.30. The molecular formula is C25H26FNO7S. The van der Waals surface area contributed by atoms with Crippen LogP contribution in [0, 0.1) is 5.82 Å². The van der Waals surface area contributed by atoms with E-state index in [4.69, 9.17) is 18.4 Å². The second kappa shape index (κ2) is 11.7. The molecule has 0 spiro atoms. The minimum absolute atomic E-state index is 0.0826. The average Bonchev–Trinajstić information content (AvgIpc) is 2.86. The van der Waals surface area contributed by atoms with Gasteiger partial charge in [0, 0.05) is 20.2 Å². The van der Waals surface area contributed by atoms with Crippen molar-refractivity contribution in [3.8, 4) is 17.2 Å². The van der Waals surface area contributed by atoms with Crippen LogP contribution in [0.1, 0.15) is 15.9 Å². The summed E-state index contributed by atoms with van der Waals surface area (Å²) in [7, 11) is 0.375. The summed E-state index contributed by atoms with van der Waals surface area (Å²) in [6, 6.07) is 15.7. The number of hydrogen-bond donors (Lipinski definition) is 0. The lowest BCUT2D eigenvalue weighted by Gasteiger charge is -2.24. The fourth-order valence-corrected chi connectivity index (χ4v) is 4.25. The maximum Gasteiger partial charge on any atom is 0.339 e. The lowest BCUT2D eigenvalue weighted by molar-refractivity contribution is 0.0673. The molecule has 0 aliphatic rings. The summed E-state index contributed by atoms with van der Waals surface area (Å²) in [6.07, 6.45) is 0. The zero-order valence-electron chi connectivity index (χ0n) is 19.6. The van der Waals surface area contributed by atoms with Gasteiger partial charge in [0.15, 0.2) is 0 Å². The Morgan fingerprint density at radius 2 is 1.49 bits per heavy atom. The Balaban J connectivity index is 1.80. The predicted octanol–water partition coefficient (Wildman–Crippen LogP) is 3.90. The molecule has 0 bridgehead atoms. The van der Waals surface area contributed by atoms with Crippen molar-refractivity contribution in [2.24, 2.45) is 0 Å². The summed E-state index contributed by atoms with van der Waals surface area (Å²) in [6.45, 7) is 0.822. The molecule has 3 aromatic rings. The van der Waals surface area contributed by atoms with Gasteiger partial charge in [-0.25, -0.2) is 4.39 Å². The molecule has 0 radical (unpaired) electrons. The summed E-state index contributed by atoms with van der Waals surface area (Å²) >= 11 is 0. The summed E-state index contributed by atoms with van der Waals surface area (Å²) in [5.74, 6) is -0.0144. The molecule has 35 heavy (non-hydrogen) atoms. The first-order chi connectivity index (χ1) is 16.8. The summed E-state index contributed by atoms with van der Waals surface area (Å²) in [5.41, 5.74) is 1.02. The van der Waals surface area contributed by atoms with Crippen LogP contribution in [-0.4, -0.2) is 53.7 Å². The van der Waals surface area contributed by atoms with E-state index < -0.39 is 15.9 Å². The van der Waals surface area contributed by atoms with Gasteiger partial charge in [0.25, 0.3) is 5.91 Å². The highest BCUT2D eigenvalue weighted by Gasteiger charge is 2.24. The first kappa shape index (κ1) is 26.0. The van der Waals surface area contributed by atoms with Gasteiger partial charge in [-0.3, -0.25) is 4.79 Å². The van der Waals surface area contributed by atoms with Gasteiger partial charge >= 0.3 is 10.1 Å². The number of methoxy groups -OCH3 is 3. The normalized spacial score (nSPS) is 11.1. The number of rotatable bonds is 11. The van der Waals surface area contributed by atoms with Gasteiger partial charge in [-0.2, -0.15) is 8.42 Å². The second-order valence-electron chi connectivity index (χ2n) is 7.39. The van der Waals surface area contributed by atoms with E-state index in [1.165, 1.54) is 26.4 Å². The van der Waals surface area contributed by atoms with E-state index in [9.17, 15) is 17.6 Å². The van der Waals surface area contributed by atoms with E-state index in [0.717, 1.165) is 29.8 Å². The highest BCUT2D eigenvalue weighted by molar-refractivity contribution is 7.87. The Morgan fingerprint density at radius 3 is 2.03 bits per heavy atom. The van der Waals surface area contributed by atoms with Crippen LogP contribution in [-0.2, 0) is 21.4 Å². The molecule has 0 N–H and O–H groups in total. The SMILES string of the molecule is COCCN(Cc1ccc(OS(=O)(=O)c2ccc(F)cc2)cc1)C(=O)c1c(OC)cccc1OC. The molecule has 0 saturated carbocycles. The Bertz CT molecular complexity index is 1220. The van der Waals surface area contributed by atoms with Crippen molar-refractivity contribution in [2.75, 3.05) is 34.5 Å². The third-order valence-corrected chi connectivity index (χ3v) is 6.36. The van der Waals surface area contributed by atoms with E-state index in [1.54, 1.807) is 42.3 Å². The number of amides is 1. The number of benzene rings is 3. The first-order valence-electron chi connectivity index (χ1n) is 10.6. The van der Waals surface area contributed by atoms with E-state index in [0.29, 0.717) is 30.2 Å². The van der Waals surface area contributed by atoms with Crippen LogP contribution >= 0.6 is 0 Å². The Hall–Kier alpha value is -3.63. The molecule has 1 amide bonds. The number of ether oxygens (including phenoxy) is 3. The monoisotopic (exact) mass is 503 g/mol. The summed E-state index contributed by atoms with van der Waals surface area (Å²) in [5, 5.41) is 0. The number of halogens is 1. The maximum absolute atomic E-state index is 13.4. The van der Waals surface area contributed by atoms with Crippen LogP contribution in [0.2, 0.25) is 0 Å². The van der Waals surface area contributed by atoms with Crippen molar-refractivity contribution in [1.29, 1.82) is 0 Å². The van der Waals surface area contributed by atoms with Gasteiger partial charge in [0.2, 0.25) is 0 Å². The maximum atomic E-state index is 13.4. The molecule has 186 valence electrons. The van der Waals surface area contributed by atoms with Gasteiger partial charge < -0.3 is 23.3 Å². The third-order valence-electron chi connectivity index (χ3n) is 5.10. The van der Waals surface area contributed by atoms with Crippen LogP contribution in [0.25, 0.3) is 0 Å². The van der Waals surface area contributed by atoms with Crippen molar-refractivity contribution in [1.82, 2.24) is 4.90 Å². The van der Waals surface area contributed by atoms with Crippen LogP contribution in [0.4, 0.5) is 4.39 Å². The van der Waals surface area contributed by atoms with E-state index >= 15 is 0 Å². The second-order valence-corrected chi connectivity index (χ2v) is 8.94. The molecule has 0 heterocycles. The molecule has 0 aliphatic carbocycles. The molecular weight excluding hydrogens is 477 g/mol. The largest absolute Gasteiger partial charge is 0.496 e. The van der Waals surface area contributed by atoms with E-state index in [-0.39, 0.29) is 23.1 Å². The molecule has 3 aromatic carbocycles. The third kappa shape index (κ3) is 6.49. The highest BCUT2D eigenvalue weighted by atomic mass is 32.2. The van der Waals surface area contributed by atoms with Gasteiger partial charge in [-0.05, 0) is 54.1 Å². The molecule has 8 nitrogen and oxygen atoms in total. The smallest absolute Gasteiger partial charge is 0.339 e. The minimum Gasteiger partial charge on any atom is -0.496 e. The van der Waals surface area contributed by atoms with Crippen molar-refractivity contribution in [3.63, 3.8) is 0 Å². The fraction of sp³-hybridized carbons (Fsp3) is 0.240. The zero-order chi connectivity index (χ0) is 25.4. The van der Waals surface area contributed by atoms with Crippen molar-refractivity contribution in [2.45, 2.75) is 11.4 Å². The number of carbonyl (C=O) groups excluding carboxylic acids is 1. The van der Waals surface area contributed by atoms with E-state index in [2.05, 4.69) is 0 Å². The fourth-order valence-electron chi connectivity index (χ4n) is 3.32. The van der Waals surface area contributed by atoms with Gasteiger partial charge in [-0.15, -0.1) is 0 Å². The van der Waals surface area contributed by atoms with Crippen LogP contribution in [0.5, 0.6) is 17.2 Å². The molecule has 0 aliphatic heterocycles. The molecule has 0 fully saturated rings. The number of hydrogen-bond acceptors (Lipinski definition) is 7. The van der Waals surface area contributed by atoms with Crippen molar-refractivity contribution < 1.29 is 36.0 Å². The van der Waals surface area contributed by atoms with Gasteiger partial charge in [0.1, 0.15) is 33.5 Å². The van der Waals surface area contributed by atoms with Gasteiger partial charge in [-0.1, -0.05) is 18.2 Å². The van der Waals surface area contributed by atoms with Crippen molar-refractivity contribution >= 4 is 16.0 Å². The Labute approximate surface area is 203 Å². The Kier molecular flexibility index (Phi) is 8.67. The Morgan fingerprint density at radius 1 is 0.886 bits per heavy atom. The van der Waals surface area contributed by atoms with Gasteiger partial charge in [0.05, 0.1) is 20.8 Å². The molecule has 3 rings (SSSR count). The number of carbonyl (C=O) groups is 1. The zero-order valence-corrected chi connectivity index (χ0v) is 20.4. The molecule has 0 atom stereocenters. The van der Waals surface area contributed by atoms with Crippen LogP contribution < -0.4 is 13.7 Å². The molecule has 0 aromatic heterocycles. The average molecular weight is 504 g/mol. The number of nitrogens with zero attached hydrogens (tertiary/aromatic N) is 1. The molecule has 0 saturated heterocycles. The molecule has 10 heteroatoms. The standard InChI is InChI=1S/C25H26FNO7S/c1-31-16-15-27(25(28)24-22(32-2)5-4-6-23(24)33-3)17-18-7-11-20(12-8-18)34-35(29,30)21-13-9-19(26)10-14-21/h4-14H,15-17H2,1-3H3. The first-order valence-corrected chi connectivity index (χ1v) is 12.0. The molecule has 0 unspecified atom stereocenters. The van der Waals surface area contributed by atoms with Crippen LogP contribution in [0.15, 0.2) is 71.6 Å². The minimum atomic E-state index is -4.12. The summed E-state index contributed by atoms with van der Waals surface area (Å²) < 4.78 is 59.0. The predicted molar refractivity (Wildman–Crippen MR) is 127 cm³/mol. The summed E-state index contributed by atoms with van der Waals surface area (Å²) in [4.78, 5) is 14.8. The quantitative estimate of drug-likeness (QED) is 0.367. The van der Waals surface area contributed by atoms with Crippen LogP contribution in [0.3, 0.4) is 0 Å². The lowest BCUT2D eigenvalue weighted by atomic mass is 10.1. The lowest BCUT2D eigenvalue weighted by Crippen LogP contribution is -2.34.